The third kappa shape index (κ3) is 4.40. The number of halogens is 1. The van der Waals surface area contributed by atoms with Gasteiger partial charge in [0, 0.05) is 49.3 Å². The van der Waals surface area contributed by atoms with E-state index >= 15 is 0 Å². The molecule has 1 aliphatic rings. The van der Waals surface area contributed by atoms with Crippen LogP contribution in [0.2, 0.25) is 5.02 Å². The first kappa shape index (κ1) is 15.7. The maximum Gasteiger partial charge on any atom is 0.238 e. The van der Waals surface area contributed by atoms with Gasteiger partial charge in [-0.05, 0) is 30.3 Å². The topological polar surface area (TPSA) is 61.4 Å². The molecule has 1 aromatic heterocycles. The van der Waals surface area contributed by atoms with E-state index in [0.29, 0.717) is 11.6 Å². The highest BCUT2D eigenvalue weighted by Gasteiger charge is 2.20. The summed E-state index contributed by atoms with van der Waals surface area (Å²) in [6.07, 6.45) is 3.49. The van der Waals surface area contributed by atoms with Crippen molar-refractivity contribution in [3.05, 3.63) is 47.7 Å². The van der Waals surface area contributed by atoms with Gasteiger partial charge in [0.15, 0.2) is 0 Å². The van der Waals surface area contributed by atoms with Crippen molar-refractivity contribution >= 4 is 29.1 Å². The molecule has 0 spiro atoms. The van der Waals surface area contributed by atoms with Crippen molar-refractivity contribution in [2.45, 2.75) is 0 Å². The van der Waals surface area contributed by atoms with Crippen molar-refractivity contribution < 1.29 is 4.79 Å². The van der Waals surface area contributed by atoms with E-state index in [0.717, 1.165) is 37.8 Å². The number of amides is 1. The Labute approximate surface area is 140 Å². The summed E-state index contributed by atoms with van der Waals surface area (Å²) in [7, 11) is 0. The predicted octanol–water partition coefficient (Wildman–Crippen LogP) is 1.89. The molecule has 0 saturated carbocycles. The lowest BCUT2D eigenvalue weighted by molar-refractivity contribution is -0.117. The minimum absolute atomic E-state index is 0.0169. The van der Waals surface area contributed by atoms with Gasteiger partial charge in [-0.1, -0.05) is 11.6 Å². The Hall–Kier alpha value is -2.18. The highest BCUT2D eigenvalue weighted by molar-refractivity contribution is 6.30. The molecule has 0 radical (unpaired) electrons. The summed E-state index contributed by atoms with van der Waals surface area (Å²) < 4.78 is 0. The van der Waals surface area contributed by atoms with E-state index in [1.165, 1.54) is 0 Å². The van der Waals surface area contributed by atoms with Gasteiger partial charge in [0.1, 0.15) is 0 Å². The Bertz CT molecular complexity index is 641. The van der Waals surface area contributed by atoms with Crippen LogP contribution in [0.1, 0.15) is 0 Å². The highest BCUT2D eigenvalue weighted by Crippen LogP contribution is 2.14. The molecule has 23 heavy (non-hydrogen) atoms. The van der Waals surface area contributed by atoms with Crippen LogP contribution in [0.5, 0.6) is 0 Å². The quantitative estimate of drug-likeness (QED) is 0.927. The summed E-state index contributed by atoms with van der Waals surface area (Å²) in [4.78, 5) is 24.9. The number of aromatic nitrogens is 2. The Morgan fingerprint density at radius 1 is 1.09 bits per heavy atom. The van der Waals surface area contributed by atoms with Gasteiger partial charge < -0.3 is 10.2 Å². The van der Waals surface area contributed by atoms with Crippen molar-refractivity contribution in [1.82, 2.24) is 14.9 Å². The van der Waals surface area contributed by atoms with Gasteiger partial charge in [-0.2, -0.15) is 0 Å². The molecule has 0 atom stereocenters. The molecule has 0 unspecified atom stereocenters. The van der Waals surface area contributed by atoms with Crippen LogP contribution in [0.25, 0.3) is 0 Å². The maximum absolute atomic E-state index is 12.1. The molecule has 2 heterocycles. The van der Waals surface area contributed by atoms with Gasteiger partial charge in [0.25, 0.3) is 0 Å². The number of nitrogens with zero attached hydrogens (tertiary/aromatic N) is 4. The Kier molecular flexibility index (Phi) is 5.05. The second-order valence-corrected chi connectivity index (χ2v) is 5.80. The van der Waals surface area contributed by atoms with Gasteiger partial charge in [-0.15, -0.1) is 0 Å². The number of rotatable bonds is 4. The molecule has 1 saturated heterocycles. The minimum atomic E-state index is -0.0169. The minimum Gasteiger partial charge on any atom is -0.338 e. The van der Waals surface area contributed by atoms with Crippen molar-refractivity contribution in [3.63, 3.8) is 0 Å². The van der Waals surface area contributed by atoms with Crippen LogP contribution < -0.4 is 10.2 Å². The molecule has 3 rings (SSSR count). The third-order valence-corrected chi connectivity index (χ3v) is 3.95. The Morgan fingerprint density at radius 3 is 2.39 bits per heavy atom. The molecule has 1 aliphatic heterocycles. The molecule has 1 amide bonds. The molecular weight excluding hydrogens is 314 g/mol. The molecule has 7 heteroatoms. The molecule has 0 bridgehead atoms. The van der Waals surface area contributed by atoms with Crippen molar-refractivity contribution in [2.75, 3.05) is 42.9 Å². The standard InChI is InChI=1S/C16H18ClN5O/c17-13-2-4-14(5-3-13)20-15(23)12-21-8-10-22(11-9-21)16-18-6-1-7-19-16/h1-7H,8-12H2,(H,20,23). The van der Waals surface area contributed by atoms with E-state index in [2.05, 4.69) is 25.1 Å². The second kappa shape index (κ2) is 7.39. The molecule has 2 aromatic rings. The monoisotopic (exact) mass is 331 g/mol. The van der Waals surface area contributed by atoms with Crippen molar-refractivity contribution in [2.24, 2.45) is 0 Å². The van der Waals surface area contributed by atoms with Crippen LogP contribution in [0.3, 0.4) is 0 Å². The largest absolute Gasteiger partial charge is 0.338 e. The fourth-order valence-electron chi connectivity index (χ4n) is 2.50. The fraction of sp³-hybridized carbons (Fsp3) is 0.312. The smallest absolute Gasteiger partial charge is 0.238 e. The lowest BCUT2D eigenvalue weighted by Gasteiger charge is -2.34. The number of anilines is 2. The zero-order valence-electron chi connectivity index (χ0n) is 12.7. The molecule has 120 valence electrons. The van der Waals surface area contributed by atoms with E-state index in [-0.39, 0.29) is 5.91 Å². The summed E-state index contributed by atoms with van der Waals surface area (Å²) in [6.45, 7) is 3.64. The summed E-state index contributed by atoms with van der Waals surface area (Å²) in [6, 6.07) is 8.92. The number of hydrogen-bond acceptors (Lipinski definition) is 5. The second-order valence-electron chi connectivity index (χ2n) is 5.37. The summed E-state index contributed by atoms with van der Waals surface area (Å²) in [5.74, 6) is 0.731. The van der Waals surface area contributed by atoms with Gasteiger partial charge >= 0.3 is 0 Å². The van der Waals surface area contributed by atoms with E-state index in [1.807, 2.05) is 0 Å². The molecular formula is C16H18ClN5O. The number of carbonyl (C=O) groups is 1. The van der Waals surface area contributed by atoms with E-state index < -0.39 is 0 Å². The number of benzene rings is 1. The normalized spacial score (nSPS) is 15.4. The number of carbonyl (C=O) groups excluding carboxylic acids is 1. The Balaban J connectivity index is 1.47. The summed E-state index contributed by atoms with van der Waals surface area (Å²) in [5.41, 5.74) is 0.760. The average molecular weight is 332 g/mol. The molecule has 1 N–H and O–H groups in total. The van der Waals surface area contributed by atoms with Crippen LogP contribution >= 0.6 is 11.6 Å². The van der Waals surface area contributed by atoms with E-state index in [9.17, 15) is 4.79 Å². The lowest BCUT2D eigenvalue weighted by atomic mass is 10.3. The van der Waals surface area contributed by atoms with Crippen molar-refractivity contribution in [1.29, 1.82) is 0 Å². The molecule has 0 aliphatic carbocycles. The van der Waals surface area contributed by atoms with E-state index in [1.54, 1.807) is 42.7 Å². The third-order valence-electron chi connectivity index (χ3n) is 3.70. The van der Waals surface area contributed by atoms with Gasteiger partial charge in [-0.25, -0.2) is 9.97 Å². The predicted molar refractivity (Wildman–Crippen MR) is 90.8 cm³/mol. The zero-order valence-corrected chi connectivity index (χ0v) is 13.4. The first-order valence-electron chi connectivity index (χ1n) is 7.50. The van der Waals surface area contributed by atoms with Gasteiger partial charge in [-0.3, -0.25) is 9.69 Å². The van der Waals surface area contributed by atoms with Crippen LogP contribution in [0, 0.1) is 0 Å². The number of piperazine rings is 1. The molecule has 1 aromatic carbocycles. The van der Waals surface area contributed by atoms with Crippen LogP contribution in [0.4, 0.5) is 11.6 Å². The lowest BCUT2D eigenvalue weighted by Crippen LogP contribution is -2.49. The highest BCUT2D eigenvalue weighted by atomic mass is 35.5. The number of nitrogens with one attached hydrogen (secondary N) is 1. The zero-order chi connectivity index (χ0) is 16.1. The SMILES string of the molecule is O=C(CN1CCN(c2ncccn2)CC1)Nc1ccc(Cl)cc1. The Morgan fingerprint density at radius 2 is 1.74 bits per heavy atom. The first-order chi connectivity index (χ1) is 11.2. The van der Waals surface area contributed by atoms with Crippen molar-refractivity contribution in [3.8, 4) is 0 Å². The number of hydrogen-bond donors (Lipinski definition) is 1. The van der Waals surface area contributed by atoms with Gasteiger partial charge in [0.05, 0.1) is 6.54 Å². The average Bonchev–Trinajstić information content (AvgIpc) is 2.58. The maximum atomic E-state index is 12.1. The van der Waals surface area contributed by atoms with Crippen LogP contribution in [-0.4, -0.2) is 53.5 Å². The van der Waals surface area contributed by atoms with Gasteiger partial charge in [0.2, 0.25) is 11.9 Å². The van der Waals surface area contributed by atoms with E-state index in [4.69, 9.17) is 11.6 Å². The summed E-state index contributed by atoms with van der Waals surface area (Å²) in [5, 5.41) is 3.54. The summed E-state index contributed by atoms with van der Waals surface area (Å²) >= 11 is 5.83. The van der Waals surface area contributed by atoms with Crippen LogP contribution in [0.15, 0.2) is 42.7 Å². The molecule has 6 nitrogen and oxygen atoms in total. The first-order valence-corrected chi connectivity index (χ1v) is 7.88. The van der Waals surface area contributed by atoms with Crippen LogP contribution in [-0.2, 0) is 4.79 Å². The molecule has 1 fully saturated rings. The fourth-order valence-corrected chi connectivity index (χ4v) is 2.62.